The molecule has 2 aromatic carbocycles. The molecule has 0 bridgehead atoms. The van der Waals surface area contributed by atoms with Crippen molar-refractivity contribution in [2.75, 3.05) is 13.7 Å². The Balaban J connectivity index is 1.73. The Kier molecular flexibility index (Phi) is 8.92. The van der Waals surface area contributed by atoms with Crippen LogP contribution in [0, 0.1) is 6.92 Å². The summed E-state index contributed by atoms with van der Waals surface area (Å²) >= 11 is 5.71. The van der Waals surface area contributed by atoms with Gasteiger partial charge < -0.3 is 24.0 Å². The summed E-state index contributed by atoms with van der Waals surface area (Å²) in [5.74, 6) is 0.823. The zero-order valence-corrected chi connectivity index (χ0v) is 23.3. The van der Waals surface area contributed by atoms with E-state index >= 15 is 0 Å². The number of methoxy groups -OCH3 is 1. The third-order valence-electron chi connectivity index (χ3n) is 6.99. The van der Waals surface area contributed by atoms with Gasteiger partial charge in [0.1, 0.15) is 22.9 Å². The molecule has 5 nitrogen and oxygen atoms in total. The molecule has 7 heteroatoms. The SMILES string of the molecule is COc1ccc(COC2C(=S)NC(CO[Si](C)(C)C(C)(C)C)C2OCc2ccccc2C)cc1. The first kappa shape index (κ1) is 26.8. The molecule has 1 aliphatic heterocycles. The summed E-state index contributed by atoms with van der Waals surface area (Å²) < 4.78 is 24.6. The van der Waals surface area contributed by atoms with Gasteiger partial charge in [-0.25, -0.2) is 0 Å². The van der Waals surface area contributed by atoms with Crippen molar-refractivity contribution in [2.24, 2.45) is 0 Å². The second kappa shape index (κ2) is 11.3. The molecule has 1 fully saturated rings. The van der Waals surface area contributed by atoms with Crippen molar-refractivity contribution in [2.45, 2.75) is 77.3 Å². The first-order chi connectivity index (χ1) is 16.0. The lowest BCUT2D eigenvalue weighted by atomic mass is 10.1. The van der Waals surface area contributed by atoms with Crippen molar-refractivity contribution in [3.8, 4) is 5.75 Å². The van der Waals surface area contributed by atoms with Gasteiger partial charge in [0.2, 0.25) is 0 Å². The molecule has 1 N–H and O–H groups in total. The second-order valence-corrected chi connectivity index (χ2v) is 15.7. The maximum Gasteiger partial charge on any atom is 0.192 e. The van der Waals surface area contributed by atoms with E-state index < -0.39 is 8.32 Å². The minimum Gasteiger partial charge on any atom is -0.497 e. The lowest BCUT2D eigenvalue weighted by Crippen LogP contribution is -2.47. The van der Waals surface area contributed by atoms with E-state index in [0.717, 1.165) is 11.3 Å². The summed E-state index contributed by atoms with van der Waals surface area (Å²) in [6.07, 6.45) is -0.579. The van der Waals surface area contributed by atoms with Crippen molar-refractivity contribution in [3.05, 3.63) is 65.2 Å². The van der Waals surface area contributed by atoms with Gasteiger partial charge in [0.25, 0.3) is 0 Å². The molecule has 0 radical (unpaired) electrons. The maximum absolute atomic E-state index is 6.54. The summed E-state index contributed by atoms with van der Waals surface area (Å²) in [4.78, 5) is 0.673. The van der Waals surface area contributed by atoms with Crippen LogP contribution < -0.4 is 10.1 Å². The normalized spacial score (nSPS) is 20.9. The molecule has 0 aromatic heterocycles. The summed E-state index contributed by atoms with van der Waals surface area (Å²) in [6, 6.07) is 16.1. The molecule has 34 heavy (non-hydrogen) atoms. The van der Waals surface area contributed by atoms with Gasteiger partial charge in [-0.15, -0.1) is 0 Å². The van der Waals surface area contributed by atoms with Crippen molar-refractivity contribution >= 4 is 25.5 Å². The number of thiocarbonyl (C=S) groups is 1. The van der Waals surface area contributed by atoms with E-state index in [0.29, 0.717) is 24.8 Å². The Morgan fingerprint density at radius 2 is 1.65 bits per heavy atom. The Morgan fingerprint density at radius 1 is 0.971 bits per heavy atom. The van der Waals surface area contributed by atoms with Gasteiger partial charge in [-0.3, -0.25) is 0 Å². The van der Waals surface area contributed by atoms with Crippen LogP contribution >= 0.6 is 12.2 Å². The van der Waals surface area contributed by atoms with Gasteiger partial charge in [0, 0.05) is 0 Å². The van der Waals surface area contributed by atoms with Crippen LogP contribution in [0.5, 0.6) is 5.75 Å². The summed E-state index contributed by atoms with van der Waals surface area (Å²) in [5.41, 5.74) is 3.43. The number of nitrogens with one attached hydrogen (secondary N) is 1. The second-order valence-electron chi connectivity index (χ2n) is 10.5. The van der Waals surface area contributed by atoms with Gasteiger partial charge >= 0.3 is 0 Å². The highest BCUT2D eigenvalue weighted by molar-refractivity contribution is 7.80. The van der Waals surface area contributed by atoms with E-state index in [2.05, 4.69) is 58.2 Å². The maximum atomic E-state index is 6.54. The fraction of sp³-hybridized carbons (Fsp3) is 0.519. The Bertz CT molecular complexity index is 958. The summed E-state index contributed by atoms with van der Waals surface area (Å²) in [7, 11) is -0.250. The largest absolute Gasteiger partial charge is 0.497 e. The fourth-order valence-corrected chi connectivity index (χ4v) is 4.98. The molecule has 1 aliphatic rings. The third-order valence-corrected chi connectivity index (χ3v) is 11.8. The molecule has 0 aliphatic carbocycles. The smallest absolute Gasteiger partial charge is 0.192 e. The van der Waals surface area contributed by atoms with E-state index in [1.165, 1.54) is 11.1 Å². The van der Waals surface area contributed by atoms with E-state index in [1.807, 2.05) is 36.4 Å². The van der Waals surface area contributed by atoms with E-state index in [4.69, 9.17) is 30.9 Å². The highest BCUT2D eigenvalue weighted by Gasteiger charge is 2.44. The Hall–Kier alpha value is -1.77. The van der Waals surface area contributed by atoms with Crippen molar-refractivity contribution in [3.63, 3.8) is 0 Å². The zero-order valence-electron chi connectivity index (χ0n) is 21.5. The summed E-state index contributed by atoms with van der Waals surface area (Å²) in [5, 5.41) is 3.57. The molecule has 0 amide bonds. The third kappa shape index (κ3) is 6.67. The highest BCUT2D eigenvalue weighted by atomic mass is 32.1. The number of benzene rings is 2. The number of hydrogen-bond donors (Lipinski definition) is 1. The first-order valence-electron chi connectivity index (χ1n) is 11.9. The Morgan fingerprint density at radius 3 is 2.26 bits per heavy atom. The van der Waals surface area contributed by atoms with Crippen LogP contribution in [0.1, 0.15) is 37.5 Å². The highest BCUT2D eigenvalue weighted by Crippen LogP contribution is 2.37. The first-order valence-corrected chi connectivity index (χ1v) is 15.2. The average molecular weight is 502 g/mol. The monoisotopic (exact) mass is 501 g/mol. The summed E-state index contributed by atoms with van der Waals surface area (Å²) in [6.45, 7) is 14.9. The van der Waals surface area contributed by atoms with Crippen LogP contribution in [-0.4, -0.2) is 45.3 Å². The molecule has 1 heterocycles. The molecule has 186 valence electrons. The number of rotatable bonds is 10. The molecule has 3 atom stereocenters. The van der Waals surface area contributed by atoms with Crippen LogP contribution in [0.4, 0.5) is 0 Å². The molecule has 2 aromatic rings. The zero-order chi connectivity index (χ0) is 24.9. The quantitative estimate of drug-likeness (QED) is 0.328. The van der Waals surface area contributed by atoms with Gasteiger partial charge in [-0.05, 0) is 53.9 Å². The van der Waals surface area contributed by atoms with Crippen LogP contribution in [0.15, 0.2) is 48.5 Å². The van der Waals surface area contributed by atoms with Crippen LogP contribution in [-0.2, 0) is 27.1 Å². The number of ether oxygens (including phenoxy) is 3. The topological polar surface area (TPSA) is 49.0 Å². The Labute approximate surface area is 211 Å². The lowest BCUT2D eigenvalue weighted by molar-refractivity contribution is -0.0611. The molecular formula is C27H39NO4SSi. The average Bonchev–Trinajstić information content (AvgIpc) is 3.09. The predicted octanol–water partition coefficient (Wildman–Crippen LogP) is 5.80. The number of hydrogen-bond acceptors (Lipinski definition) is 5. The molecule has 1 saturated heterocycles. The van der Waals surface area contributed by atoms with Gasteiger partial charge in [-0.2, -0.15) is 0 Å². The minimum absolute atomic E-state index is 0.0634. The van der Waals surface area contributed by atoms with Crippen LogP contribution in [0.3, 0.4) is 0 Å². The van der Waals surface area contributed by atoms with E-state index in [-0.39, 0.29) is 23.3 Å². The van der Waals surface area contributed by atoms with Gasteiger partial charge in [0.05, 0.1) is 33.0 Å². The molecule has 0 spiro atoms. The fourth-order valence-electron chi connectivity index (χ4n) is 3.60. The van der Waals surface area contributed by atoms with Crippen molar-refractivity contribution in [1.82, 2.24) is 5.32 Å². The molecule has 3 unspecified atom stereocenters. The van der Waals surface area contributed by atoms with E-state index in [9.17, 15) is 0 Å². The van der Waals surface area contributed by atoms with Crippen molar-refractivity contribution in [1.29, 1.82) is 0 Å². The van der Waals surface area contributed by atoms with Crippen LogP contribution in [0.25, 0.3) is 0 Å². The number of aryl methyl sites for hydroxylation is 1. The minimum atomic E-state index is -1.91. The van der Waals surface area contributed by atoms with Gasteiger partial charge in [0.15, 0.2) is 8.32 Å². The van der Waals surface area contributed by atoms with Gasteiger partial charge in [-0.1, -0.05) is 69.4 Å². The predicted molar refractivity (Wildman–Crippen MR) is 144 cm³/mol. The van der Waals surface area contributed by atoms with Crippen molar-refractivity contribution < 1.29 is 18.6 Å². The standard InChI is InChI=1S/C27H39NO4SSi/c1-19-10-8-9-11-21(19)17-31-24-23(18-32-34(6,7)27(2,3)4)28-26(33)25(24)30-16-20-12-14-22(29-5)15-13-20/h8-15,23-25H,16-18H2,1-7H3,(H,28,33). The lowest BCUT2D eigenvalue weighted by Gasteiger charge is -2.37. The molecular weight excluding hydrogens is 462 g/mol. The molecule has 0 saturated carbocycles. The van der Waals surface area contributed by atoms with E-state index in [1.54, 1.807) is 7.11 Å². The van der Waals surface area contributed by atoms with Crippen LogP contribution in [0.2, 0.25) is 18.1 Å². The molecule has 3 rings (SSSR count).